The van der Waals surface area contributed by atoms with Crippen LogP contribution in [0.2, 0.25) is 0 Å². The van der Waals surface area contributed by atoms with Crippen LogP contribution in [-0.4, -0.2) is 52.5 Å². The van der Waals surface area contributed by atoms with Crippen molar-refractivity contribution in [2.45, 2.75) is 45.3 Å². The Labute approximate surface area is 160 Å². The van der Waals surface area contributed by atoms with E-state index in [2.05, 4.69) is 33.3 Å². The number of hydrogen-bond acceptors (Lipinski definition) is 5. The van der Waals surface area contributed by atoms with Gasteiger partial charge in [-0.3, -0.25) is 4.99 Å². The molecular weight excluding hydrogens is 372 g/mol. The maximum Gasteiger partial charge on any atom is 0.213 e. The molecule has 1 aromatic rings. The molecule has 0 radical (unpaired) electrons. The second kappa shape index (κ2) is 10.9. The van der Waals surface area contributed by atoms with Crippen molar-refractivity contribution < 1.29 is 13.2 Å². The zero-order chi connectivity index (χ0) is 18.8. The van der Waals surface area contributed by atoms with Crippen molar-refractivity contribution in [3.8, 4) is 0 Å². The van der Waals surface area contributed by atoms with Crippen LogP contribution in [0.5, 0.6) is 0 Å². The second-order valence-corrected chi connectivity index (χ2v) is 9.20. The van der Waals surface area contributed by atoms with E-state index in [1.54, 1.807) is 11.3 Å². The normalized spacial score (nSPS) is 19.9. The molecule has 2 atom stereocenters. The highest BCUT2D eigenvalue weighted by atomic mass is 32.2. The first-order chi connectivity index (χ1) is 12.5. The number of rotatable bonds is 9. The molecular formula is C17H30N4O3S2. The lowest BCUT2D eigenvalue weighted by Crippen LogP contribution is -2.39. The topological polar surface area (TPSA) is 91.8 Å². The zero-order valence-corrected chi connectivity index (χ0v) is 17.2. The van der Waals surface area contributed by atoms with Gasteiger partial charge in [0.15, 0.2) is 5.96 Å². The van der Waals surface area contributed by atoms with Crippen LogP contribution in [0.4, 0.5) is 0 Å². The van der Waals surface area contributed by atoms with Gasteiger partial charge in [0, 0.05) is 24.6 Å². The molecule has 9 heteroatoms. The molecule has 0 amide bonds. The molecule has 0 saturated carbocycles. The Morgan fingerprint density at radius 3 is 2.96 bits per heavy atom. The van der Waals surface area contributed by atoms with Crippen LogP contribution in [0, 0.1) is 0 Å². The van der Waals surface area contributed by atoms with Gasteiger partial charge in [0.2, 0.25) is 10.0 Å². The standard InChI is InChI=1S/C17H30N4O3S2/c1-3-18-17(21-14(2)16-8-6-11-25-16)19-9-12-26(22,23)20-13-15-7-4-5-10-24-15/h6,8,11,14-15,20H,3-5,7,9-10,12-13H2,1-2H3,(H2,18,19,21). The van der Waals surface area contributed by atoms with Crippen molar-refractivity contribution in [2.75, 3.05) is 32.0 Å². The minimum absolute atomic E-state index is 0.00680. The zero-order valence-electron chi connectivity index (χ0n) is 15.5. The minimum Gasteiger partial charge on any atom is -0.377 e. The SMILES string of the molecule is CCNC(=NCCS(=O)(=O)NCC1CCCCO1)NC(C)c1cccs1. The fourth-order valence-electron chi connectivity index (χ4n) is 2.67. The summed E-state index contributed by atoms with van der Waals surface area (Å²) in [7, 11) is -3.35. The molecule has 26 heavy (non-hydrogen) atoms. The van der Waals surface area contributed by atoms with Gasteiger partial charge in [0.1, 0.15) is 0 Å². The quantitative estimate of drug-likeness (QED) is 0.433. The van der Waals surface area contributed by atoms with Gasteiger partial charge in [0.05, 0.1) is 24.4 Å². The molecule has 1 aliphatic heterocycles. The molecule has 148 valence electrons. The molecule has 1 saturated heterocycles. The monoisotopic (exact) mass is 402 g/mol. The summed E-state index contributed by atoms with van der Waals surface area (Å²) in [6, 6.07) is 4.19. The van der Waals surface area contributed by atoms with E-state index in [0.717, 1.165) is 25.9 Å². The summed E-state index contributed by atoms with van der Waals surface area (Å²) in [6.45, 7) is 6.02. The minimum atomic E-state index is -3.35. The van der Waals surface area contributed by atoms with E-state index >= 15 is 0 Å². The average Bonchev–Trinajstić information content (AvgIpc) is 3.16. The van der Waals surface area contributed by atoms with E-state index in [4.69, 9.17) is 4.74 Å². The maximum absolute atomic E-state index is 12.1. The lowest BCUT2D eigenvalue weighted by Gasteiger charge is -2.22. The van der Waals surface area contributed by atoms with Gasteiger partial charge in [-0.1, -0.05) is 6.07 Å². The lowest BCUT2D eigenvalue weighted by atomic mass is 10.1. The van der Waals surface area contributed by atoms with Crippen LogP contribution in [0.25, 0.3) is 0 Å². The van der Waals surface area contributed by atoms with E-state index in [9.17, 15) is 8.42 Å². The van der Waals surface area contributed by atoms with Crippen LogP contribution in [0.1, 0.15) is 44.0 Å². The van der Waals surface area contributed by atoms with Crippen molar-refractivity contribution in [1.29, 1.82) is 0 Å². The van der Waals surface area contributed by atoms with Crippen molar-refractivity contribution in [2.24, 2.45) is 4.99 Å². The third-order valence-electron chi connectivity index (χ3n) is 4.10. The van der Waals surface area contributed by atoms with Crippen molar-refractivity contribution in [3.63, 3.8) is 0 Å². The molecule has 3 N–H and O–H groups in total. The van der Waals surface area contributed by atoms with E-state index in [-0.39, 0.29) is 24.4 Å². The highest BCUT2D eigenvalue weighted by Crippen LogP contribution is 2.17. The Kier molecular flexibility index (Phi) is 8.83. The first-order valence-electron chi connectivity index (χ1n) is 9.17. The van der Waals surface area contributed by atoms with E-state index in [0.29, 0.717) is 19.0 Å². The van der Waals surface area contributed by atoms with Crippen LogP contribution >= 0.6 is 11.3 Å². The van der Waals surface area contributed by atoms with Gasteiger partial charge in [-0.05, 0) is 44.6 Å². The molecule has 0 spiro atoms. The summed E-state index contributed by atoms with van der Waals surface area (Å²) in [4.78, 5) is 5.60. The molecule has 7 nitrogen and oxygen atoms in total. The number of guanidine groups is 1. The van der Waals surface area contributed by atoms with Gasteiger partial charge in [-0.25, -0.2) is 13.1 Å². The molecule has 2 unspecified atom stereocenters. The highest BCUT2D eigenvalue weighted by molar-refractivity contribution is 7.89. The van der Waals surface area contributed by atoms with E-state index in [1.807, 2.05) is 18.4 Å². The molecule has 1 aromatic heterocycles. The fourth-order valence-corrected chi connectivity index (χ4v) is 4.32. The summed E-state index contributed by atoms with van der Waals surface area (Å²) in [5.41, 5.74) is 0. The van der Waals surface area contributed by atoms with Gasteiger partial charge < -0.3 is 15.4 Å². The van der Waals surface area contributed by atoms with Gasteiger partial charge in [-0.2, -0.15) is 0 Å². The summed E-state index contributed by atoms with van der Waals surface area (Å²) >= 11 is 1.68. The Hall–Kier alpha value is -1.16. The maximum atomic E-state index is 12.1. The Morgan fingerprint density at radius 1 is 1.46 bits per heavy atom. The third-order valence-corrected chi connectivity index (χ3v) is 6.48. The molecule has 2 heterocycles. The van der Waals surface area contributed by atoms with E-state index < -0.39 is 10.0 Å². The first kappa shape index (κ1) is 21.1. The summed E-state index contributed by atoms with van der Waals surface area (Å²) in [6.07, 6.45) is 3.06. The lowest BCUT2D eigenvalue weighted by molar-refractivity contribution is 0.0200. The number of sulfonamides is 1. The van der Waals surface area contributed by atoms with Crippen molar-refractivity contribution >= 4 is 27.3 Å². The van der Waals surface area contributed by atoms with Gasteiger partial charge in [0.25, 0.3) is 0 Å². The van der Waals surface area contributed by atoms with Crippen LogP contribution in [-0.2, 0) is 14.8 Å². The van der Waals surface area contributed by atoms with Gasteiger partial charge >= 0.3 is 0 Å². The molecule has 0 bridgehead atoms. The number of hydrogen-bond donors (Lipinski definition) is 3. The van der Waals surface area contributed by atoms with Crippen LogP contribution in [0.15, 0.2) is 22.5 Å². The number of nitrogens with one attached hydrogen (secondary N) is 3. The van der Waals surface area contributed by atoms with Crippen LogP contribution in [0.3, 0.4) is 0 Å². The van der Waals surface area contributed by atoms with Gasteiger partial charge in [-0.15, -0.1) is 11.3 Å². The Morgan fingerprint density at radius 2 is 2.31 bits per heavy atom. The molecule has 0 aliphatic carbocycles. The molecule has 0 aromatic carbocycles. The predicted molar refractivity (Wildman–Crippen MR) is 107 cm³/mol. The average molecular weight is 403 g/mol. The molecule has 1 fully saturated rings. The van der Waals surface area contributed by atoms with Crippen LogP contribution < -0.4 is 15.4 Å². The number of thiophene rings is 1. The number of nitrogens with zero attached hydrogens (tertiary/aromatic N) is 1. The largest absolute Gasteiger partial charge is 0.377 e. The second-order valence-electron chi connectivity index (χ2n) is 6.30. The summed E-state index contributed by atoms with van der Waals surface area (Å²) in [5, 5.41) is 8.49. The summed E-state index contributed by atoms with van der Waals surface area (Å²) in [5.74, 6) is 0.586. The number of aliphatic imine (C=N–C) groups is 1. The van der Waals surface area contributed by atoms with Crippen molar-refractivity contribution in [1.82, 2.24) is 15.4 Å². The third kappa shape index (κ3) is 7.61. The summed E-state index contributed by atoms with van der Waals surface area (Å²) < 4.78 is 32.5. The first-order valence-corrected chi connectivity index (χ1v) is 11.7. The smallest absolute Gasteiger partial charge is 0.213 e. The highest BCUT2D eigenvalue weighted by Gasteiger charge is 2.17. The molecule has 2 rings (SSSR count). The predicted octanol–water partition coefficient (Wildman–Crippen LogP) is 1.85. The van der Waals surface area contributed by atoms with Crippen molar-refractivity contribution in [3.05, 3.63) is 22.4 Å². The Balaban J connectivity index is 1.79. The number of ether oxygens (including phenoxy) is 1. The Bertz CT molecular complexity index is 641. The molecule has 1 aliphatic rings. The fraction of sp³-hybridized carbons (Fsp3) is 0.706. The van der Waals surface area contributed by atoms with E-state index in [1.165, 1.54) is 4.88 Å².